The van der Waals surface area contributed by atoms with Crippen LogP contribution in [-0.2, 0) is 58.7 Å². The van der Waals surface area contributed by atoms with E-state index in [1.54, 1.807) is 57.2 Å². The van der Waals surface area contributed by atoms with Gasteiger partial charge in [-0.05, 0) is 70.0 Å². The van der Waals surface area contributed by atoms with Crippen molar-refractivity contribution in [2.75, 3.05) is 65.0 Å². The van der Waals surface area contributed by atoms with Gasteiger partial charge < -0.3 is 0 Å². The Morgan fingerprint density at radius 1 is 0.396 bits per heavy atom. The molecule has 0 N–H and O–H groups in total. The van der Waals surface area contributed by atoms with Crippen LogP contribution in [0.15, 0.2) is 87.5 Å². The summed E-state index contributed by atoms with van der Waals surface area (Å²) in [5.41, 5.74) is 2.46. The first kappa shape index (κ1) is 44.6. The van der Waals surface area contributed by atoms with Gasteiger partial charge in [0.25, 0.3) is 20.2 Å². The second-order valence-electron chi connectivity index (χ2n) is 12.4. The largest absolute Gasteiger partial charge is 0.269 e. The Balaban J connectivity index is 1.88. The molecule has 15 nitrogen and oxygen atoms in total. The lowest BCUT2D eigenvalue weighted by Crippen LogP contribution is -2.40. The minimum atomic E-state index is -4.18. The topological polar surface area (TPSA) is 199 Å². The Morgan fingerprint density at radius 3 is 0.849 bits per heavy atom. The van der Waals surface area contributed by atoms with Crippen LogP contribution in [0.1, 0.15) is 29.5 Å². The maximum absolute atomic E-state index is 13.9. The summed E-state index contributed by atoms with van der Waals surface area (Å²) in [5, 5.41) is 0. The number of sulfonamides is 3. The molecule has 53 heavy (non-hydrogen) atoms. The van der Waals surface area contributed by atoms with E-state index in [0.29, 0.717) is 0 Å². The normalized spacial score (nSPS) is 13.3. The van der Waals surface area contributed by atoms with Crippen molar-refractivity contribution < 1.29 is 50.5 Å². The van der Waals surface area contributed by atoms with Gasteiger partial charge in [-0.15, -0.1) is 0 Å². The van der Waals surface area contributed by atoms with Gasteiger partial charge in [0.2, 0.25) is 30.1 Å². The lowest BCUT2D eigenvalue weighted by atomic mass is 10.2. The molecule has 0 fully saturated rings. The fourth-order valence-electron chi connectivity index (χ4n) is 5.06. The van der Waals surface area contributed by atoms with Gasteiger partial charge in [-0.1, -0.05) is 53.1 Å². The molecule has 3 aromatic carbocycles. The van der Waals surface area contributed by atoms with Crippen LogP contribution in [0.25, 0.3) is 0 Å². The second kappa shape index (κ2) is 18.7. The summed E-state index contributed by atoms with van der Waals surface area (Å²) < 4.78 is 142. The van der Waals surface area contributed by atoms with Crippen molar-refractivity contribution >= 4 is 50.3 Å². The molecule has 0 unspecified atom stereocenters. The van der Waals surface area contributed by atoms with Crippen molar-refractivity contribution in [3.05, 3.63) is 89.5 Å². The zero-order valence-electron chi connectivity index (χ0n) is 30.3. The van der Waals surface area contributed by atoms with Crippen LogP contribution < -0.4 is 0 Å². The van der Waals surface area contributed by atoms with Crippen LogP contribution in [0.2, 0.25) is 0 Å². The van der Waals surface area contributed by atoms with E-state index in [9.17, 15) is 42.1 Å². The summed E-state index contributed by atoms with van der Waals surface area (Å²) in [5.74, 6) is 0. The number of nitrogens with zero attached hydrogens (tertiary/aromatic N) is 3. The molecule has 0 amide bonds. The van der Waals surface area contributed by atoms with Crippen molar-refractivity contribution in [2.45, 2.75) is 48.3 Å². The summed E-state index contributed by atoms with van der Waals surface area (Å²) in [7, 11) is -20.2. The van der Waals surface area contributed by atoms with Gasteiger partial charge in [-0.3, -0.25) is 8.37 Å². The highest BCUT2D eigenvalue weighted by atomic mass is 32.2. The second-order valence-corrected chi connectivity index (χ2v) is 21.5. The van der Waals surface area contributed by atoms with E-state index in [0.717, 1.165) is 42.1 Å². The first-order chi connectivity index (χ1) is 24.5. The van der Waals surface area contributed by atoms with Crippen LogP contribution >= 0.6 is 0 Å². The number of hydrogen-bond acceptors (Lipinski definition) is 12. The van der Waals surface area contributed by atoms with Gasteiger partial charge >= 0.3 is 0 Å². The highest BCUT2D eigenvalue weighted by molar-refractivity contribution is 7.89. The number of rotatable bonds is 22. The maximum Gasteiger partial charge on any atom is 0.264 e. The first-order valence-electron chi connectivity index (χ1n) is 16.4. The van der Waals surface area contributed by atoms with E-state index < -0.39 is 63.5 Å². The monoisotopic (exact) mass is 837 g/mol. The molecule has 0 aliphatic heterocycles. The van der Waals surface area contributed by atoms with E-state index in [-0.39, 0.29) is 66.8 Å². The van der Waals surface area contributed by atoms with Crippen molar-refractivity contribution in [1.29, 1.82) is 0 Å². The molecule has 0 atom stereocenters. The third kappa shape index (κ3) is 13.8. The quantitative estimate of drug-likeness (QED) is 0.134. The third-order valence-electron chi connectivity index (χ3n) is 7.88. The predicted molar refractivity (Wildman–Crippen MR) is 201 cm³/mol. The summed E-state index contributed by atoms with van der Waals surface area (Å²) in [6, 6.07) is 18.2. The lowest BCUT2D eigenvalue weighted by Gasteiger charge is -2.27. The van der Waals surface area contributed by atoms with Gasteiger partial charge in [0.15, 0.2) is 0 Å². The molecule has 0 bridgehead atoms. The zero-order valence-corrected chi connectivity index (χ0v) is 34.4. The minimum absolute atomic E-state index is 0.0252. The van der Waals surface area contributed by atoms with Crippen LogP contribution in [-0.4, -0.2) is 120 Å². The SMILES string of the molecule is Cc1ccc(S(=O)(=O)N(CCCN(CCOS(C)(=O)=O)S(=O)(=O)c2ccc(C)cc2)CCCN(CCOS(C)(=O)=O)S(=O)(=O)c2ccc(C)cc2)cc1. The zero-order chi connectivity index (χ0) is 39.7. The van der Waals surface area contributed by atoms with E-state index in [4.69, 9.17) is 8.37 Å². The smallest absolute Gasteiger partial charge is 0.264 e. The fraction of sp³-hybridized carbons (Fsp3) is 0.455. The Morgan fingerprint density at radius 2 is 0.623 bits per heavy atom. The molecule has 20 heteroatoms. The summed E-state index contributed by atoms with van der Waals surface area (Å²) in [6.07, 6.45) is 1.63. The molecule has 0 heterocycles. The molecule has 0 aliphatic carbocycles. The van der Waals surface area contributed by atoms with Gasteiger partial charge in [-0.25, -0.2) is 25.3 Å². The Hall–Kier alpha value is -2.79. The Bertz CT molecular complexity index is 2090. The molecular formula is C33H47N3O12S5. The molecule has 3 rings (SSSR count). The average Bonchev–Trinajstić information content (AvgIpc) is 3.05. The molecule has 296 valence electrons. The van der Waals surface area contributed by atoms with Gasteiger partial charge in [-0.2, -0.15) is 29.8 Å². The fourth-order valence-corrected chi connectivity index (χ4v) is 10.3. The average molecular weight is 838 g/mol. The van der Waals surface area contributed by atoms with E-state index >= 15 is 0 Å². The standard InChI is InChI=1S/C33H47N3O12S5/c1-28-8-14-31(15-9-28)51(41,42)34(20-6-22-35(24-26-47-49(4,37)38)52(43,44)32-16-10-29(2)11-17-32)21-7-23-36(25-27-48-50(5,39)40)53(45,46)33-18-12-30(3)13-19-33/h8-19H,6-7,20-27H2,1-5H3. The third-order valence-corrected chi connectivity index (χ3v) is 14.8. The van der Waals surface area contributed by atoms with Crippen molar-refractivity contribution in [1.82, 2.24) is 12.9 Å². The summed E-state index contributed by atoms with van der Waals surface area (Å²) >= 11 is 0. The number of hydrogen-bond donors (Lipinski definition) is 0. The molecule has 0 aromatic heterocycles. The highest BCUT2D eigenvalue weighted by Gasteiger charge is 2.29. The van der Waals surface area contributed by atoms with Crippen molar-refractivity contribution in [3.63, 3.8) is 0 Å². The summed E-state index contributed by atoms with van der Waals surface area (Å²) in [4.78, 5) is -0.109. The molecular weight excluding hydrogens is 791 g/mol. The minimum Gasteiger partial charge on any atom is -0.269 e. The lowest BCUT2D eigenvalue weighted by molar-refractivity contribution is 0.266. The molecule has 0 aliphatic rings. The van der Waals surface area contributed by atoms with E-state index in [2.05, 4.69) is 0 Å². The highest BCUT2D eigenvalue weighted by Crippen LogP contribution is 2.22. The van der Waals surface area contributed by atoms with E-state index in [1.165, 1.54) is 36.4 Å². The van der Waals surface area contributed by atoms with Gasteiger partial charge in [0.1, 0.15) is 0 Å². The molecule has 3 aromatic rings. The first-order valence-corrected chi connectivity index (χ1v) is 24.4. The van der Waals surface area contributed by atoms with Crippen LogP contribution in [0.5, 0.6) is 0 Å². The Labute approximate surface area is 314 Å². The molecule has 0 saturated heterocycles. The molecule has 0 saturated carbocycles. The van der Waals surface area contributed by atoms with Crippen molar-refractivity contribution in [3.8, 4) is 0 Å². The molecule has 0 radical (unpaired) electrons. The number of aryl methyl sites for hydroxylation is 3. The maximum atomic E-state index is 13.9. The predicted octanol–water partition coefficient (Wildman–Crippen LogP) is 2.72. The van der Waals surface area contributed by atoms with E-state index in [1.807, 2.05) is 0 Å². The summed E-state index contributed by atoms with van der Waals surface area (Å²) in [6.45, 7) is 2.96. The van der Waals surface area contributed by atoms with Crippen LogP contribution in [0, 0.1) is 20.8 Å². The number of benzene rings is 3. The Kier molecular flexibility index (Phi) is 15.7. The molecule has 0 spiro atoms. The van der Waals surface area contributed by atoms with Gasteiger partial charge in [0, 0.05) is 39.3 Å². The van der Waals surface area contributed by atoms with Crippen LogP contribution in [0.3, 0.4) is 0 Å². The van der Waals surface area contributed by atoms with Crippen molar-refractivity contribution in [2.24, 2.45) is 0 Å². The van der Waals surface area contributed by atoms with Gasteiger partial charge in [0.05, 0.1) is 40.4 Å². The van der Waals surface area contributed by atoms with Crippen LogP contribution in [0.4, 0.5) is 0 Å².